The number of imide groups is 2. The third-order valence-corrected chi connectivity index (χ3v) is 11.9. The fourth-order valence-electron chi connectivity index (χ4n) is 8.66. The summed E-state index contributed by atoms with van der Waals surface area (Å²) in [5.41, 5.74) is 2.53. The highest BCUT2D eigenvalue weighted by Crippen LogP contribution is 2.39. The van der Waals surface area contributed by atoms with Crippen molar-refractivity contribution in [3.05, 3.63) is 190 Å². The van der Waals surface area contributed by atoms with Gasteiger partial charge in [-0.2, -0.15) is 0 Å². The van der Waals surface area contributed by atoms with Gasteiger partial charge in [0.2, 0.25) is 11.8 Å². The molecule has 14 nitrogen and oxygen atoms in total. The van der Waals surface area contributed by atoms with Crippen LogP contribution in [0.3, 0.4) is 0 Å². The summed E-state index contributed by atoms with van der Waals surface area (Å²) in [4.78, 5) is 116. The Balaban J connectivity index is 1.15. The highest BCUT2D eigenvalue weighted by molar-refractivity contribution is 6.34. The molecule has 2 aliphatic rings. The van der Waals surface area contributed by atoms with Crippen molar-refractivity contribution in [3.8, 4) is 0 Å². The molecule has 0 radical (unpaired) electrons. The Morgan fingerprint density at radius 3 is 0.924 bits per heavy atom. The topological polar surface area (TPSA) is 186 Å². The van der Waals surface area contributed by atoms with Crippen molar-refractivity contribution in [3.63, 3.8) is 0 Å². The van der Waals surface area contributed by atoms with Crippen molar-refractivity contribution in [2.24, 2.45) is 0 Å². The highest BCUT2D eigenvalue weighted by Gasteiger charge is 2.46. The molecular weight excluding hydrogens is 841 g/mol. The molecule has 4 atom stereocenters. The summed E-state index contributed by atoms with van der Waals surface area (Å²) in [6.07, 6.45) is -0.0905. The molecule has 0 bridgehead atoms. The van der Waals surface area contributed by atoms with Gasteiger partial charge in [-0.1, -0.05) is 121 Å². The molecule has 0 aliphatic carbocycles. The van der Waals surface area contributed by atoms with E-state index in [0.717, 1.165) is 20.9 Å². The molecule has 0 aromatic heterocycles. The Hall–Kier alpha value is -8.26. The maximum Gasteiger partial charge on any atom is 0.328 e. The minimum absolute atomic E-state index is 0.0423. The number of ether oxygens (including phenoxy) is 2. The smallest absolute Gasteiger partial charge is 0.328 e. The number of carbonyl (C=O) groups is 8. The molecule has 332 valence electrons. The van der Waals surface area contributed by atoms with Crippen molar-refractivity contribution < 1.29 is 47.8 Å². The zero-order valence-corrected chi connectivity index (χ0v) is 36.0. The monoisotopic (exact) mass is 884 g/mol. The van der Waals surface area contributed by atoms with Crippen molar-refractivity contribution in [2.75, 3.05) is 14.2 Å². The molecule has 2 N–H and O–H groups in total. The number of rotatable bonds is 16. The van der Waals surface area contributed by atoms with Crippen molar-refractivity contribution >= 4 is 58.2 Å². The minimum Gasteiger partial charge on any atom is -0.467 e. The van der Waals surface area contributed by atoms with Gasteiger partial charge in [-0.25, -0.2) is 9.59 Å². The molecule has 0 spiro atoms. The molecule has 14 heteroatoms. The first-order valence-electron chi connectivity index (χ1n) is 21.3. The molecule has 0 saturated carbocycles. The molecule has 8 rings (SSSR count). The van der Waals surface area contributed by atoms with Crippen LogP contribution in [0.2, 0.25) is 0 Å². The fourth-order valence-corrected chi connectivity index (χ4v) is 8.66. The number of hydrogen-bond donors (Lipinski definition) is 2. The van der Waals surface area contributed by atoms with Gasteiger partial charge >= 0.3 is 11.9 Å². The predicted molar refractivity (Wildman–Crippen MR) is 241 cm³/mol. The van der Waals surface area contributed by atoms with Crippen molar-refractivity contribution in [1.82, 2.24) is 20.4 Å². The van der Waals surface area contributed by atoms with Crippen LogP contribution in [0.5, 0.6) is 0 Å². The number of benzene rings is 6. The molecule has 0 saturated heterocycles. The second kappa shape index (κ2) is 19.2. The highest BCUT2D eigenvalue weighted by atomic mass is 16.5. The zero-order chi connectivity index (χ0) is 46.5. The lowest BCUT2D eigenvalue weighted by Gasteiger charge is -2.37. The first-order chi connectivity index (χ1) is 32.0. The van der Waals surface area contributed by atoms with Crippen LogP contribution in [0.25, 0.3) is 10.8 Å². The number of amides is 6. The average Bonchev–Trinajstić information content (AvgIpc) is 3.34. The van der Waals surface area contributed by atoms with Gasteiger partial charge in [0, 0.05) is 58.7 Å². The molecule has 6 aromatic rings. The minimum atomic E-state index is -1.46. The van der Waals surface area contributed by atoms with Gasteiger partial charge in [0.25, 0.3) is 23.6 Å². The normalized spacial score (nSPS) is 14.8. The van der Waals surface area contributed by atoms with E-state index in [2.05, 4.69) is 10.6 Å². The Kier molecular flexibility index (Phi) is 12.9. The van der Waals surface area contributed by atoms with Crippen molar-refractivity contribution in [2.45, 2.75) is 49.9 Å². The average molecular weight is 885 g/mol. The Labute approximate surface area is 379 Å². The summed E-state index contributed by atoms with van der Waals surface area (Å²) in [5, 5.41) is 5.56. The SMILES string of the molecule is COC(=O)[C@@H](Cc1ccccc1)NC(=O)[C@H](Cc1ccccc1)N1C(=O)c2ccc3c4c(ccc(c24)C1=O)C(=O)N([C@@H](Cc1ccccc1)C(=O)N[C@H](Cc1ccccc1)C(=O)OC)C3=O. The number of esters is 2. The Morgan fingerprint density at radius 2 is 0.667 bits per heavy atom. The molecule has 0 fully saturated rings. The molecular formula is C52H44N4O10. The van der Waals surface area contributed by atoms with Crippen LogP contribution in [-0.2, 0) is 54.3 Å². The lowest BCUT2D eigenvalue weighted by atomic mass is 9.84. The first-order valence-corrected chi connectivity index (χ1v) is 21.3. The first kappa shape index (κ1) is 44.4. The molecule has 0 unspecified atom stereocenters. The second-order valence-corrected chi connectivity index (χ2v) is 16.0. The molecule has 2 aliphatic heterocycles. The van der Waals surface area contributed by atoms with E-state index in [9.17, 15) is 38.4 Å². The van der Waals surface area contributed by atoms with E-state index in [4.69, 9.17) is 9.47 Å². The zero-order valence-electron chi connectivity index (χ0n) is 36.0. The van der Waals surface area contributed by atoms with E-state index in [-0.39, 0.29) is 58.7 Å². The van der Waals surface area contributed by atoms with Gasteiger partial charge in [-0.05, 0) is 46.5 Å². The predicted octanol–water partition coefficient (Wildman–Crippen LogP) is 5.06. The maximum atomic E-state index is 14.7. The van der Waals surface area contributed by atoms with Gasteiger partial charge in [-0.15, -0.1) is 0 Å². The standard InChI is InChI=1S/C52H44N4O10/c1-65-51(63)39(27-31-15-7-3-8-16-31)53-45(57)41(29-33-19-11-5-12-20-33)55-47(59)35-23-25-37-44-38(26-24-36(43(35)44)48(55)60)50(62)56(49(37)61)42(30-34-21-13-6-14-22-34)46(58)54-40(52(64)66-2)28-32-17-9-4-10-18-32/h3-26,39-42H,27-30H2,1-2H3,(H,53,57)(H,54,58)/t39-,40-,41+,42+/m1/s1. The summed E-state index contributed by atoms with van der Waals surface area (Å²) in [6.45, 7) is 0. The van der Waals surface area contributed by atoms with E-state index in [0.29, 0.717) is 11.1 Å². The van der Waals surface area contributed by atoms with Gasteiger partial charge in [-0.3, -0.25) is 38.6 Å². The van der Waals surface area contributed by atoms with E-state index in [1.165, 1.54) is 38.5 Å². The van der Waals surface area contributed by atoms with E-state index >= 15 is 0 Å². The number of nitrogens with one attached hydrogen (secondary N) is 2. The van der Waals surface area contributed by atoms with Crippen LogP contribution in [0.4, 0.5) is 0 Å². The Bertz CT molecular complexity index is 2610. The van der Waals surface area contributed by atoms with Gasteiger partial charge < -0.3 is 20.1 Å². The van der Waals surface area contributed by atoms with Crippen LogP contribution < -0.4 is 10.6 Å². The third-order valence-electron chi connectivity index (χ3n) is 11.9. The summed E-state index contributed by atoms with van der Waals surface area (Å²) < 4.78 is 10.1. The number of hydrogen-bond acceptors (Lipinski definition) is 10. The summed E-state index contributed by atoms with van der Waals surface area (Å²) in [5.74, 6) is -6.47. The van der Waals surface area contributed by atoms with Crippen LogP contribution in [-0.4, -0.2) is 95.6 Å². The number of carbonyl (C=O) groups excluding carboxylic acids is 8. The number of methoxy groups -OCH3 is 2. The Morgan fingerprint density at radius 1 is 0.409 bits per heavy atom. The molecule has 2 heterocycles. The molecule has 66 heavy (non-hydrogen) atoms. The van der Waals surface area contributed by atoms with Crippen molar-refractivity contribution in [1.29, 1.82) is 0 Å². The lowest BCUT2D eigenvalue weighted by Crippen LogP contribution is -2.58. The largest absolute Gasteiger partial charge is 0.467 e. The number of nitrogens with zero attached hydrogens (tertiary/aromatic N) is 2. The van der Waals surface area contributed by atoms with Crippen LogP contribution in [0.1, 0.15) is 63.7 Å². The van der Waals surface area contributed by atoms with Crippen LogP contribution in [0, 0.1) is 0 Å². The van der Waals surface area contributed by atoms with Gasteiger partial charge in [0.05, 0.1) is 14.2 Å². The quantitative estimate of drug-likeness (QED) is 0.0985. The van der Waals surface area contributed by atoms with Gasteiger partial charge in [0.1, 0.15) is 24.2 Å². The third kappa shape index (κ3) is 8.80. The van der Waals surface area contributed by atoms with E-state index < -0.39 is 71.5 Å². The van der Waals surface area contributed by atoms with Crippen LogP contribution >= 0.6 is 0 Å². The molecule has 6 amide bonds. The van der Waals surface area contributed by atoms with Gasteiger partial charge in [0.15, 0.2) is 0 Å². The summed E-state index contributed by atoms with van der Waals surface area (Å²) in [7, 11) is 2.39. The van der Waals surface area contributed by atoms with E-state index in [1.54, 1.807) is 109 Å². The summed E-state index contributed by atoms with van der Waals surface area (Å²) >= 11 is 0. The van der Waals surface area contributed by atoms with E-state index in [1.807, 2.05) is 12.1 Å². The summed E-state index contributed by atoms with van der Waals surface area (Å²) in [6, 6.07) is 35.7. The fraction of sp³-hybridized carbons (Fsp3) is 0.192. The second-order valence-electron chi connectivity index (χ2n) is 16.0. The lowest BCUT2D eigenvalue weighted by molar-refractivity contribution is -0.145. The molecule has 6 aromatic carbocycles. The maximum absolute atomic E-state index is 14.7. The van der Waals surface area contributed by atoms with Crippen LogP contribution in [0.15, 0.2) is 146 Å².